The molecular formula is C23H23N3O2. The average Bonchev–Trinajstić information content (AvgIpc) is 3.17. The van der Waals surface area contributed by atoms with Crippen molar-refractivity contribution in [2.75, 3.05) is 6.54 Å². The Balaban J connectivity index is 1.53. The van der Waals surface area contributed by atoms with Crippen molar-refractivity contribution < 1.29 is 9.90 Å². The molecule has 5 heteroatoms. The van der Waals surface area contributed by atoms with Crippen LogP contribution in [0.25, 0.3) is 11.1 Å². The van der Waals surface area contributed by atoms with E-state index < -0.39 is 5.97 Å². The highest BCUT2D eigenvalue weighted by Crippen LogP contribution is 2.32. The van der Waals surface area contributed by atoms with E-state index in [0.717, 1.165) is 48.4 Å². The first-order valence-electron chi connectivity index (χ1n) is 9.56. The molecule has 0 bridgehead atoms. The van der Waals surface area contributed by atoms with Gasteiger partial charge < -0.3 is 5.11 Å². The molecule has 0 radical (unpaired) electrons. The molecule has 3 aromatic rings. The van der Waals surface area contributed by atoms with Crippen LogP contribution in [0.4, 0.5) is 0 Å². The van der Waals surface area contributed by atoms with E-state index in [4.69, 9.17) is 0 Å². The Morgan fingerprint density at radius 3 is 2.68 bits per heavy atom. The van der Waals surface area contributed by atoms with E-state index in [0.29, 0.717) is 11.6 Å². The summed E-state index contributed by atoms with van der Waals surface area (Å²) in [4.78, 5) is 22.9. The van der Waals surface area contributed by atoms with Gasteiger partial charge in [0.25, 0.3) is 0 Å². The second-order valence-electron chi connectivity index (χ2n) is 7.26. The summed E-state index contributed by atoms with van der Waals surface area (Å²) in [5.41, 5.74) is 5.20. The molecule has 1 aliphatic rings. The molecule has 0 amide bonds. The molecule has 0 spiro atoms. The van der Waals surface area contributed by atoms with Gasteiger partial charge in [0, 0.05) is 18.9 Å². The van der Waals surface area contributed by atoms with Gasteiger partial charge >= 0.3 is 5.97 Å². The van der Waals surface area contributed by atoms with Crippen LogP contribution < -0.4 is 0 Å². The Hall–Kier alpha value is -3.05. The molecule has 0 aliphatic carbocycles. The van der Waals surface area contributed by atoms with Crippen LogP contribution in [0.2, 0.25) is 0 Å². The predicted molar refractivity (Wildman–Crippen MR) is 108 cm³/mol. The third-order valence-electron chi connectivity index (χ3n) is 5.29. The lowest BCUT2D eigenvalue weighted by atomic mass is 9.98. The fourth-order valence-electron chi connectivity index (χ4n) is 3.94. The van der Waals surface area contributed by atoms with Crippen LogP contribution in [-0.4, -0.2) is 32.5 Å². The lowest BCUT2D eigenvalue weighted by molar-refractivity contribution is 0.0697. The Morgan fingerprint density at radius 1 is 1.14 bits per heavy atom. The lowest BCUT2D eigenvalue weighted by Crippen LogP contribution is -2.23. The van der Waals surface area contributed by atoms with Gasteiger partial charge in [-0.1, -0.05) is 42.5 Å². The Bertz CT molecular complexity index is 985. The number of rotatable bonds is 5. The normalized spacial score (nSPS) is 17.0. The first kappa shape index (κ1) is 18.3. The number of hydrogen-bond donors (Lipinski definition) is 1. The molecule has 2 aromatic carbocycles. The SMILES string of the molecule is Cc1cncc([C@@H]2CCCN2Cc2ccc(-c3ccccc3C(=O)O)cc2)n1. The molecule has 1 fully saturated rings. The van der Waals surface area contributed by atoms with E-state index in [1.165, 1.54) is 5.56 Å². The molecule has 0 saturated carbocycles. The van der Waals surface area contributed by atoms with Crippen LogP contribution in [-0.2, 0) is 6.54 Å². The number of nitrogens with zero attached hydrogens (tertiary/aromatic N) is 3. The second kappa shape index (κ2) is 7.90. The third-order valence-corrected chi connectivity index (χ3v) is 5.29. The van der Waals surface area contributed by atoms with Crippen molar-refractivity contribution >= 4 is 5.97 Å². The quantitative estimate of drug-likeness (QED) is 0.714. The minimum atomic E-state index is -0.904. The number of aromatic carboxylic acids is 1. The lowest BCUT2D eigenvalue weighted by Gasteiger charge is -2.24. The monoisotopic (exact) mass is 373 g/mol. The molecular weight excluding hydrogens is 350 g/mol. The van der Waals surface area contributed by atoms with Crippen molar-refractivity contribution in [1.29, 1.82) is 0 Å². The van der Waals surface area contributed by atoms with E-state index in [9.17, 15) is 9.90 Å². The number of hydrogen-bond acceptors (Lipinski definition) is 4. The van der Waals surface area contributed by atoms with Gasteiger partial charge in [0.05, 0.1) is 23.0 Å². The number of carboxylic acid groups (broad SMARTS) is 1. The maximum absolute atomic E-state index is 11.5. The second-order valence-corrected chi connectivity index (χ2v) is 7.26. The molecule has 142 valence electrons. The summed E-state index contributed by atoms with van der Waals surface area (Å²) >= 11 is 0. The van der Waals surface area contributed by atoms with Gasteiger partial charge in [0.15, 0.2) is 0 Å². The molecule has 1 N–H and O–H groups in total. The van der Waals surface area contributed by atoms with Gasteiger partial charge in [-0.2, -0.15) is 0 Å². The number of benzene rings is 2. The number of carbonyl (C=O) groups is 1. The van der Waals surface area contributed by atoms with Gasteiger partial charge in [-0.05, 0) is 49.1 Å². The molecule has 1 saturated heterocycles. The van der Waals surface area contributed by atoms with Crippen LogP contribution in [0.15, 0.2) is 60.9 Å². The molecule has 4 rings (SSSR count). The molecule has 2 heterocycles. The molecule has 1 atom stereocenters. The van der Waals surface area contributed by atoms with E-state index in [1.54, 1.807) is 18.3 Å². The molecule has 0 unspecified atom stereocenters. The first-order chi connectivity index (χ1) is 13.6. The summed E-state index contributed by atoms with van der Waals surface area (Å²) in [7, 11) is 0. The zero-order chi connectivity index (χ0) is 19.5. The van der Waals surface area contributed by atoms with Crippen molar-refractivity contribution in [2.45, 2.75) is 32.4 Å². The zero-order valence-electron chi connectivity index (χ0n) is 15.9. The largest absolute Gasteiger partial charge is 0.478 e. The number of aromatic nitrogens is 2. The molecule has 5 nitrogen and oxygen atoms in total. The van der Waals surface area contributed by atoms with Crippen molar-refractivity contribution in [1.82, 2.24) is 14.9 Å². The van der Waals surface area contributed by atoms with Crippen LogP contribution in [0.5, 0.6) is 0 Å². The minimum Gasteiger partial charge on any atom is -0.478 e. The maximum Gasteiger partial charge on any atom is 0.336 e. The van der Waals surface area contributed by atoms with E-state index in [-0.39, 0.29) is 0 Å². The highest BCUT2D eigenvalue weighted by atomic mass is 16.4. The van der Waals surface area contributed by atoms with Crippen molar-refractivity contribution in [3.63, 3.8) is 0 Å². The van der Waals surface area contributed by atoms with Crippen LogP contribution in [0, 0.1) is 6.92 Å². The van der Waals surface area contributed by atoms with Crippen LogP contribution >= 0.6 is 0 Å². The topological polar surface area (TPSA) is 66.3 Å². The third kappa shape index (κ3) is 3.80. The number of carboxylic acids is 1. The summed E-state index contributed by atoms with van der Waals surface area (Å²) in [6, 6.07) is 15.6. The summed E-state index contributed by atoms with van der Waals surface area (Å²) in [6.45, 7) is 3.87. The van der Waals surface area contributed by atoms with Gasteiger partial charge in [-0.25, -0.2) is 4.79 Å². The highest BCUT2D eigenvalue weighted by Gasteiger charge is 2.27. The van der Waals surface area contributed by atoms with E-state index in [1.807, 2.05) is 37.4 Å². The van der Waals surface area contributed by atoms with Crippen molar-refractivity contribution in [3.05, 3.63) is 83.4 Å². The van der Waals surface area contributed by atoms with Gasteiger partial charge in [-0.3, -0.25) is 14.9 Å². The standard InChI is InChI=1S/C23H23N3O2/c1-16-13-24-14-21(25-16)22-7-4-12-26(22)15-17-8-10-18(11-9-17)19-5-2-3-6-20(19)23(27)28/h2-3,5-6,8-11,13-14,22H,4,7,12,15H2,1H3,(H,27,28)/t22-/m0/s1. The predicted octanol–water partition coefficient (Wildman–Crippen LogP) is 4.49. The Labute approximate surface area is 164 Å². The van der Waals surface area contributed by atoms with Gasteiger partial charge in [0.1, 0.15) is 0 Å². The summed E-state index contributed by atoms with van der Waals surface area (Å²) in [6.07, 6.45) is 5.92. The van der Waals surface area contributed by atoms with Gasteiger partial charge in [0.2, 0.25) is 0 Å². The van der Waals surface area contributed by atoms with Gasteiger partial charge in [-0.15, -0.1) is 0 Å². The minimum absolute atomic E-state index is 0.305. The van der Waals surface area contributed by atoms with Crippen molar-refractivity contribution in [3.8, 4) is 11.1 Å². The number of likely N-dealkylation sites (tertiary alicyclic amines) is 1. The first-order valence-corrected chi connectivity index (χ1v) is 9.56. The van der Waals surface area contributed by atoms with Crippen LogP contribution in [0.1, 0.15) is 46.2 Å². The summed E-state index contributed by atoms with van der Waals surface area (Å²) < 4.78 is 0. The summed E-state index contributed by atoms with van der Waals surface area (Å²) in [5.74, 6) is -0.904. The Morgan fingerprint density at radius 2 is 1.93 bits per heavy atom. The maximum atomic E-state index is 11.5. The fourth-order valence-corrected chi connectivity index (χ4v) is 3.94. The smallest absolute Gasteiger partial charge is 0.336 e. The zero-order valence-corrected chi connectivity index (χ0v) is 15.9. The summed E-state index contributed by atoms with van der Waals surface area (Å²) in [5, 5.41) is 9.41. The highest BCUT2D eigenvalue weighted by molar-refractivity contribution is 5.95. The Kier molecular flexibility index (Phi) is 5.17. The van der Waals surface area contributed by atoms with E-state index in [2.05, 4.69) is 27.0 Å². The van der Waals surface area contributed by atoms with Crippen molar-refractivity contribution in [2.24, 2.45) is 0 Å². The molecule has 28 heavy (non-hydrogen) atoms. The van der Waals surface area contributed by atoms with Crippen LogP contribution in [0.3, 0.4) is 0 Å². The molecule has 1 aliphatic heterocycles. The average molecular weight is 373 g/mol. The van der Waals surface area contributed by atoms with E-state index >= 15 is 0 Å². The number of aryl methyl sites for hydroxylation is 1. The fraction of sp³-hybridized carbons (Fsp3) is 0.261. The molecule has 1 aromatic heterocycles.